The van der Waals surface area contributed by atoms with E-state index in [-0.39, 0.29) is 11.7 Å². The van der Waals surface area contributed by atoms with Crippen molar-refractivity contribution in [1.29, 1.82) is 0 Å². The van der Waals surface area contributed by atoms with E-state index in [1.54, 1.807) is 6.07 Å². The molecule has 1 aromatic carbocycles. The third-order valence-corrected chi connectivity index (χ3v) is 4.39. The maximum absolute atomic E-state index is 14.7. The number of hydrogen-bond donors (Lipinski definition) is 1. The summed E-state index contributed by atoms with van der Waals surface area (Å²) in [6.45, 7) is 4.29. The van der Waals surface area contributed by atoms with Gasteiger partial charge in [-0.1, -0.05) is 31.4 Å². The summed E-state index contributed by atoms with van der Waals surface area (Å²) < 4.78 is 14.7. The Morgan fingerprint density at radius 3 is 2.86 bits per heavy atom. The molecule has 0 saturated carbocycles. The molecule has 0 radical (unpaired) electrons. The second-order valence-corrected chi connectivity index (χ2v) is 6.26. The summed E-state index contributed by atoms with van der Waals surface area (Å²) in [6, 6.07) is 3.70. The summed E-state index contributed by atoms with van der Waals surface area (Å²) in [5.74, 6) is -0.0114. The fraction of sp³-hybridized carbons (Fsp3) is 0.526. The van der Waals surface area contributed by atoms with Crippen LogP contribution in [0.4, 0.5) is 10.1 Å². The second-order valence-electron chi connectivity index (χ2n) is 6.26. The Morgan fingerprint density at radius 1 is 1.36 bits per heavy atom. The highest BCUT2D eigenvalue weighted by Crippen LogP contribution is 2.38. The van der Waals surface area contributed by atoms with Gasteiger partial charge in [0.25, 0.3) is 0 Å². The fourth-order valence-corrected chi connectivity index (χ4v) is 3.27. The molecule has 22 heavy (non-hydrogen) atoms. The van der Waals surface area contributed by atoms with Gasteiger partial charge in [-0.2, -0.15) is 0 Å². The van der Waals surface area contributed by atoms with Gasteiger partial charge in [0.05, 0.1) is 12.0 Å². The first-order valence-corrected chi connectivity index (χ1v) is 8.39. The predicted molar refractivity (Wildman–Crippen MR) is 92.3 cm³/mol. The number of rotatable bonds is 6. The molecule has 1 aliphatic carbocycles. The Bertz CT molecular complexity index is 561. The van der Waals surface area contributed by atoms with E-state index in [1.807, 2.05) is 6.07 Å². The molecule has 0 amide bonds. The molecule has 0 bridgehead atoms. The molecule has 2 nitrogen and oxygen atoms in total. The van der Waals surface area contributed by atoms with Crippen LogP contribution in [-0.2, 0) is 6.42 Å². The molecular weight excluding hydrogens is 275 g/mol. The van der Waals surface area contributed by atoms with E-state index in [4.69, 9.17) is 5.73 Å². The van der Waals surface area contributed by atoms with E-state index >= 15 is 0 Å². The van der Waals surface area contributed by atoms with Crippen LogP contribution in [0.3, 0.4) is 0 Å². The SMILES string of the molecule is CCCCCc1cc(F)c(C2C=C(C)CCC2)c(/N=C/N)c1. The highest BCUT2D eigenvalue weighted by atomic mass is 19.1. The predicted octanol–water partition coefficient (Wildman–Crippen LogP) is 5.39. The van der Waals surface area contributed by atoms with E-state index in [0.717, 1.165) is 37.7 Å². The van der Waals surface area contributed by atoms with Gasteiger partial charge in [-0.3, -0.25) is 0 Å². The van der Waals surface area contributed by atoms with Crippen LogP contribution in [0.15, 0.2) is 28.8 Å². The lowest BCUT2D eigenvalue weighted by Gasteiger charge is -2.22. The number of aryl methyl sites for hydroxylation is 1. The van der Waals surface area contributed by atoms with Crippen LogP contribution in [0.1, 0.15) is 69.4 Å². The number of halogens is 1. The van der Waals surface area contributed by atoms with E-state index in [9.17, 15) is 4.39 Å². The lowest BCUT2D eigenvalue weighted by Crippen LogP contribution is -2.06. The maximum Gasteiger partial charge on any atom is 0.129 e. The number of allylic oxidation sites excluding steroid dienone is 2. The first-order valence-electron chi connectivity index (χ1n) is 8.39. The van der Waals surface area contributed by atoms with Gasteiger partial charge in [0.1, 0.15) is 5.82 Å². The molecular formula is C19H27FN2. The highest BCUT2D eigenvalue weighted by molar-refractivity contribution is 5.63. The van der Waals surface area contributed by atoms with Crippen molar-refractivity contribution >= 4 is 12.0 Å². The Morgan fingerprint density at radius 2 is 2.18 bits per heavy atom. The molecule has 0 aromatic heterocycles. The summed E-state index contributed by atoms with van der Waals surface area (Å²) >= 11 is 0. The summed E-state index contributed by atoms with van der Waals surface area (Å²) in [5, 5.41) is 0. The van der Waals surface area contributed by atoms with Gasteiger partial charge in [0.2, 0.25) is 0 Å². The van der Waals surface area contributed by atoms with Gasteiger partial charge in [-0.25, -0.2) is 9.38 Å². The molecule has 1 aromatic rings. The average Bonchev–Trinajstić information content (AvgIpc) is 2.47. The van der Waals surface area contributed by atoms with E-state index in [0.29, 0.717) is 11.3 Å². The third-order valence-electron chi connectivity index (χ3n) is 4.39. The summed E-state index contributed by atoms with van der Waals surface area (Å²) in [4.78, 5) is 4.24. The van der Waals surface area contributed by atoms with Crippen molar-refractivity contribution in [2.45, 2.75) is 64.7 Å². The summed E-state index contributed by atoms with van der Waals surface area (Å²) in [5.41, 5.74) is 9.24. The van der Waals surface area contributed by atoms with E-state index < -0.39 is 0 Å². The van der Waals surface area contributed by atoms with E-state index in [1.165, 1.54) is 24.8 Å². The molecule has 1 atom stereocenters. The number of nitrogens with zero attached hydrogens (tertiary/aromatic N) is 1. The van der Waals surface area contributed by atoms with Crippen molar-refractivity contribution in [1.82, 2.24) is 0 Å². The highest BCUT2D eigenvalue weighted by Gasteiger charge is 2.21. The van der Waals surface area contributed by atoms with E-state index in [2.05, 4.69) is 24.9 Å². The maximum atomic E-state index is 14.7. The van der Waals surface area contributed by atoms with Crippen LogP contribution in [0.2, 0.25) is 0 Å². The van der Waals surface area contributed by atoms with Crippen molar-refractivity contribution in [3.8, 4) is 0 Å². The average molecular weight is 302 g/mol. The Labute approximate surface area is 133 Å². The minimum atomic E-state index is -0.134. The van der Waals surface area contributed by atoms with Crippen molar-refractivity contribution < 1.29 is 4.39 Å². The number of hydrogen-bond acceptors (Lipinski definition) is 1. The lowest BCUT2D eigenvalue weighted by atomic mass is 9.84. The summed E-state index contributed by atoms with van der Waals surface area (Å²) in [7, 11) is 0. The molecule has 0 saturated heterocycles. The summed E-state index contributed by atoms with van der Waals surface area (Å²) in [6.07, 6.45) is 11.0. The lowest BCUT2D eigenvalue weighted by molar-refractivity contribution is 0.566. The van der Waals surface area contributed by atoms with Crippen LogP contribution in [0.25, 0.3) is 0 Å². The Hall–Kier alpha value is -1.64. The minimum absolute atomic E-state index is 0.122. The Kier molecular flexibility index (Phi) is 6.17. The van der Waals surface area contributed by atoms with Crippen molar-refractivity contribution in [2.75, 3.05) is 0 Å². The number of unbranched alkanes of at least 4 members (excludes halogenated alkanes) is 2. The topological polar surface area (TPSA) is 38.4 Å². The number of nitrogens with two attached hydrogens (primary N) is 1. The molecule has 0 heterocycles. The van der Waals surface area contributed by atoms with Crippen molar-refractivity contribution in [3.63, 3.8) is 0 Å². The van der Waals surface area contributed by atoms with Crippen molar-refractivity contribution in [3.05, 3.63) is 40.7 Å². The first kappa shape index (κ1) is 16.7. The van der Waals surface area contributed by atoms with Crippen LogP contribution in [0.5, 0.6) is 0 Å². The first-order chi connectivity index (χ1) is 10.7. The smallest absolute Gasteiger partial charge is 0.129 e. The Balaban J connectivity index is 2.34. The number of benzene rings is 1. The molecule has 1 aliphatic rings. The zero-order valence-electron chi connectivity index (χ0n) is 13.7. The fourth-order valence-electron chi connectivity index (χ4n) is 3.27. The number of aliphatic imine (C=N–C) groups is 1. The largest absolute Gasteiger partial charge is 0.390 e. The van der Waals surface area contributed by atoms with Crippen LogP contribution in [0, 0.1) is 5.82 Å². The monoisotopic (exact) mass is 302 g/mol. The normalized spacial score (nSPS) is 18.7. The van der Waals surface area contributed by atoms with Crippen LogP contribution >= 0.6 is 0 Å². The zero-order valence-corrected chi connectivity index (χ0v) is 13.7. The minimum Gasteiger partial charge on any atom is -0.390 e. The van der Waals surface area contributed by atoms with Gasteiger partial charge in [0.15, 0.2) is 0 Å². The molecule has 0 spiro atoms. The molecule has 0 aliphatic heterocycles. The molecule has 2 N–H and O–H groups in total. The molecule has 1 unspecified atom stereocenters. The van der Waals surface area contributed by atoms with Gasteiger partial charge in [-0.15, -0.1) is 0 Å². The van der Waals surface area contributed by atoms with Gasteiger partial charge < -0.3 is 5.73 Å². The standard InChI is InChI=1S/C19H27FN2/c1-3-4-5-8-15-11-17(20)19(18(12-15)22-13-21)16-9-6-7-14(2)10-16/h10-13,16H,3-9H2,1-2H3,(H2,21,22). The molecule has 120 valence electrons. The van der Waals surface area contributed by atoms with Gasteiger partial charge >= 0.3 is 0 Å². The van der Waals surface area contributed by atoms with Crippen LogP contribution in [-0.4, -0.2) is 6.34 Å². The zero-order chi connectivity index (χ0) is 15.9. The molecule has 2 rings (SSSR count). The van der Waals surface area contributed by atoms with Gasteiger partial charge in [-0.05, 0) is 56.7 Å². The van der Waals surface area contributed by atoms with Gasteiger partial charge in [0, 0.05) is 11.5 Å². The quantitative estimate of drug-likeness (QED) is 0.325. The molecule has 0 fully saturated rings. The molecule has 3 heteroatoms. The second kappa shape index (κ2) is 8.11. The van der Waals surface area contributed by atoms with Crippen molar-refractivity contribution in [2.24, 2.45) is 10.7 Å². The third kappa shape index (κ3) is 4.19. The van der Waals surface area contributed by atoms with Crippen LogP contribution < -0.4 is 5.73 Å².